The third kappa shape index (κ3) is 3.62. The van der Waals surface area contributed by atoms with Crippen molar-refractivity contribution >= 4 is 17.5 Å². The van der Waals surface area contributed by atoms with Crippen molar-refractivity contribution in [3.05, 3.63) is 65.5 Å². The fraction of sp³-hybridized carbons (Fsp3) is 0.263. The van der Waals surface area contributed by atoms with Crippen LogP contribution in [0.2, 0.25) is 0 Å². The van der Waals surface area contributed by atoms with Crippen molar-refractivity contribution in [2.45, 2.75) is 19.3 Å². The summed E-state index contributed by atoms with van der Waals surface area (Å²) in [6.07, 6.45) is 1.79. The Balaban J connectivity index is 1.58. The summed E-state index contributed by atoms with van der Waals surface area (Å²) in [6, 6.07) is 14.0. The fourth-order valence-corrected chi connectivity index (χ4v) is 2.94. The van der Waals surface area contributed by atoms with Gasteiger partial charge in [0.15, 0.2) is 0 Å². The second kappa shape index (κ2) is 7.25. The Bertz CT molecular complexity index is 761. The zero-order chi connectivity index (χ0) is 16.9. The Morgan fingerprint density at radius 1 is 1.08 bits per heavy atom. The number of nitrogens with one attached hydrogen (secondary N) is 1. The molecule has 0 spiro atoms. The van der Waals surface area contributed by atoms with E-state index in [0.717, 1.165) is 24.1 Å². The molecule has 1 aliphatic heterocycles. The summed E-state index contributed by atoms with van der Waals surface area (Å²) in [6.45, 7) is 0.570. The number of anilines is 1. The molecule has 24 heavy (non-hydrogen) atoms. The fourth-order valence-electron chi connectivity index (χ4n) is 2.94. The highest BCUT2D eigenvalue weighted by atomic mass is 19.1. The van der Waals surface area contributed by atoms with Gasteiger partial charge in [0.25, 0.3) is 0 Å². The topological polar surface area (TPSA) is 49.4 Å². The van der Waals surface area contributed by atoms with Crippen LogP contribution in [0.3, 0.4) is 0 Å². The molecule has 2 aromatic rings. The van der Waals surface area contributed by atoms with Crippen molar-refractivity contribution in [1.82, 2.24) is 5.32 Å². The van der Waals surface area contributed by atoms with Crippen LogP contribution in [0.5, 0.6) is 0 Å². The van der Waals surface area contributed by atoms with Gasteiger partial charge in [-0.25, -0.2) is 4.39 Å². The first kappa shape index (κ1) is 16.2. The Morgan fingerprint density at radius 3 is 2.67 bits per heavy atom. The monoisotopic (exact) mass is 326 g/mol. The zero-order valence-corrected chi connectivity index (χ0v) is 13.3. The van der Waals surface area contributed by atoms with Crippen molar-refractivity contribution < 1.29 is 14.0 Å². The Morgan fingerprint density at radius 2 is 1.83 bits per heavy atom. The predicted molar refractivity (Wildman–Crippen MR) is 90.2 cm³/mol. The van der Waals surface area contributed by atoms with Crippen molar-refractivity contribution in [3.8, 4) is 0 Å². The van der Waals surface area contributed by atoms with E-state index in [0.29, 0.717) is 12.1 Å². The number of aryl methyl sites for hydroxylation is 1. The van der Waals surface area contributed by atoms with E-state index in [1.807, 2.05) is 24.3 Å². The normalized spacial score (nSPS) is 13.3. The third-order valence-electron chi connectivity index (χ3n) is 4.16. The molecule has 4 nitrogen and oxygen atoms in total. The molecule has 0 atom stereocenters. The molecule has 1 aliphatic rings. The first-order valence-corrected chi connectivity index (χ1v) is 8.03. The van der Waals surface area contributed by atoms with Gasteiger partial charge in [0.05, 0.1) is 13.0 Å². The van der Waals surface area contributed by atoms with Gasteiger partial charge >= 0.3 is 0 Å². The standard InChI is InChI=1S/C19H19FN2O2/c20-16-9-3-1-7-15(16)12-18(23)21-13-19(24)22-11-5-8-14-6-2-4-10-17(14)22/h1-4,6-7,9-10H,5,8,11-13H2,(H,21,23). The van der Waals surface area contributed by atoms with Gasteiger partial charge in [-0.15, -0.1) is 0 Å². The number of hydrogen-bond acceptors (Lipinski definition) is 2. The largest absolute Gasteiger partial charge is 0.347 e. The Hall–Kier alpha value is -2.69. The van der Waals surface area contributed by atoms with Gasteiger partial charge in [-0.05, 0) is 36.1 Å². The van der Waals surface area contributed by atoms with E-state index < -0.39 is 5.82 Å². The van der Waals surface area contributed by atoms with Crippen LogP contribution in [0.25, 0.3) is 0 Å². The molecule has 0 aromatic heterocycles. The minimum atomic E-state index is -0.413. The van der Waals surface area contributed by atoms with Crippen molar-refractivity contribution in [2.75, 3.05) is 18.0 Å². The van der Waals surface area contributed by atoms with Gasteiger partial charge < -0.3 is 10.2 Å². The van der Waals surface area contributed by atoms with Gasteiger partial charge in [0, 0.05) is 12.2 Å². The average molecular weight is 326 g/mol. The van der Waals surface area contributed by atoms with Crippen LogP contribution >= 0.6 is 0 Å². The third-order valence-corrected chi connectivity index (χ3v) is 4.16. The molecule has 0 radical (unpaired) electrons. The summed E-state index contributed by atoms with van der Waals surface area (Å²) in [5, 5.41) is 2.59. The number of halogens is 1. The molecule has 1 N–H and O–H groups in total. The molecule has 0 aliphatic carbocycles. The van der Waals surface area contributed by atoms with Crippen molar-refractivity contribution in [3.63, 3.8) is 0 Å². The van der Waals surface area contributed by atoms with E-state index in [1.165, 1.54) is 6.07 Å². The predicted octanol–water partition coefficient (Wildman–Crippen LogP) is 2.46. The SMILES string of the molecule is O=C(Cc1ccccc1F)NCC(=O)N1CCCc2ccccc21. The molecule has 0 saturated heterocycles. The minimum absolute atomic E-state index is 0.0729. The number of amides is 2. The maximum Gasteiger partial charge on any atom is 0.246 e. The number of para-hydroxylation sites is 1. The highest BCUT2D eigenvalue weighted by Gasteiger charge is 2.22. The molecule has 0 saturated carbocycles. The molecule has 0 bridgehead atoms. The van der Waals surface area contributed by atoms with Crippen molar-refractivity contribution in [2.24, 2.45) is 0 Å². The molecule has 2 amide bonds. The van der Waals surface area contributed by atoms with E-state index in [9.17, 15) is 14.0 Å². The molecule has 1 heterocycles. The number of nitrogens with zero attached hydrogens (tertiary/aromatic N) is 1. The zero-order valence-electron chi connectivity index (χ0n) is 13.3. The number of carbonyl (C=O) groups excluding carboxylic acids is 2. The van der Waals surface area contributed by atoms with Gasteiger partial charge in [0.1, 0.15) is 5.82 Å². The molecule has 3 rings (SSSR count). The summed E-state index contributed by atoms with van der Waals surface area (Å²) in [5.74, 6) is -0.924. The summed E-state index contributed by atoms with van der Waals surface area (Å²) in [5.41, 5.74) is 2.39. The maximum atomic E-state index is 13.5. The number of fused-ring (bicyclic) bond motifs is 1. The van der Waals surface area contributed by atoms with Crippen molar-refractivity contribution in [1.29, 1.82) is 0 Å². The smallest absolute Gasteiger partial charge is 0.246 e. The summed E-state index contributed by atoms with van der Waals surface area (Å²) in [4.78, 5) is 26.1. The average Bonchev–Trinajstić information content (AvgIpc) is 2.61. The van der Waals surface area contributed by atoms with Gasteiger partial charge in [0.2, 0.25) is 11.8 Å². The lowest BCUT2D eigenvalue weighted by atomic mass is 10.0. The highest BCUT2D eigenvalue weighted by molar-refractivity contribution is 5.97. The quantitative estimate of drug-likeness (QED) is 0.938. The first-order chi connectivity index (χ1) is 11.6. The number of rotatable bonds is 4. The van der Waals surface area contributed by atoms with Crippen LogP contribution in [0, 0.1) is 5.82 Å². The second-order valence-corrected chi connectivity index (χ2v) is 5.82. The molecule has 0 fully saturated rings. The number of benzene rings is 2. The van der Waals surface area contributed by atoms with Gasteiger partial charge in [-0.3, -0.25) is 9.59 Å². The van der Waals surface area contributed by atoms with E-state index in [2.05, 4.69) is 5.32 Å². The summed E-state index contributed by atoms with van der Waals surface area (Å²) in [7, 11) is 0. The Kier molecular flexibility index (Phi) is 4.89. The lowest BCUT2D eigenvalue weighted by molar-refractivity contribution is -0.124. The molecule has 0 unspecified atom stereocenters. The molecule has 2 aromatic carbocycles. The van der Waals surface area contributed by atoms with Crippen LogP contribution in [0.15, 0.2) is 48.5 Å². The van der Waals surface area contributed by atoms with Crippen LogP contribution in [-0.2, 0) is 22.4 Å². The Labute approximate surface area is 140 Å². The molecular formula is C19H19FN2O2. The second-order valence-electron chi connectivity index (χ2n) is 5.82. The lowest BCUT2D eigenvalue weighted by Crippen LogP contribution is -2.43. The maximum absolute atomic E-state index is 13.5. The van der Waals surface area contributed by atoms with E-state index >= 15 is 0 Å². The van der Waals surface area contributed by atoms with Crippen LogP contribution in [0.4, 0.5) is 10.1 Å². The molecule has 124 valence electrons. The molecular weight excluding hydrogens is 307 g/mol. The summed E-state index contributed by atoms with van der Waals surface area (Å²) < 4.78 is 13.5. The minimum Gasteiger partial charge on any atom is -0.347 e. The van der Waals surface area contributed by atoms with E-state index in [4.69, 9.17) is 0 Å². The van der Waals surface area contributed by atoms with Gasteiger partial charge in [-0.1, -0.05) is 36.4 Å². The highest BCUT2D eigenvalue weighted by Crippen LogP contribution is 2.26. The molecule has 5 heteroatoms. The first-order valence-electron chi connectivity index (χ1n) is 8.03. The van der Waals surface area contributed by atoms with E-state index in [-0.39, 0.29) is 24.8 Å². The van der Waals surface area contributed by atoms with E-state index in [1.54, 1.807) is 23.1 Å². The van der Waals surface area contributed by atoms with Crippen LogP contribution in [0.1, 0.15) is 17.5 Å². The summed E-state index contributed by atoms with van der Waals surface area (Å²) >= 11 is 0. The lowest BCUT2D eigenvalue weighted by Gasteiger charge is -2.29. The van der Waals surface area contributed by atoms with Crippen LogP contribution < -0.4 is 10.2 Å². The number of carbonyl (C=O) groups is 2. The van der Waals surface area contributed by atoms with Gasteiger partial charge in [-0.2, -0.15) is 0 Å². The van der Waals surface area contributed by atoms with Crippen LogP contribution in [-0.4, -0.2) is 24.9 Å². The number of hydrogen-bond donors (Lipinski definition) is 1.